The molecule has 2 N–H and O–H groups in total. The molecule has 2 atom stereocenters. The van der Waals surface area contributed by atoms with E-state index in [1.165, 1.54) is 0 Å². The third-order valence-corrected chi connectivity index (χ3v) is 3.76. The van der Waals surface area contributed by atoms with Gasteiger partial charge in [-0.1, -0.05) is 12.1 Å². The molecule has 2 aromatic rings. The summed E-state index contributed by atoms with van der Waals surface area (Å²) in [5.74, 6) is -0.875. The largest absolute Gasteiger partial charge is 0.480 e. The minimum Gasteiger partial charge on any atom is -0.480 e. The first-order chi connectivity index (χ1) is 10.1. The highest BCUT2D eigenvalue weighted by atomic mass is 16.4. The second-order valence-corrected chi connectivity index (χ2v) is 5.29. The lowest BCUT2D eigenvalue weighted by Gasteiger charge is -2.20. The van der Waals surface area contributed by atoms with Gasteiger partial charge in [0.05, 0.1) is 11.8 Å². The lowest BCUT2D eigenvalue weighted by molar-refractivity contribution is -0.142. The molecule has 0 spiro atoms. The van der Waals surface area contributed by atoms with Crippen LogP contribution >= 0.6 is 0 Å². The maximum atomic E-state index is 11.2. The van der Waals surface area contributed by atoms with E-state index in [1.807, 2.05) is 36.5 Å². The van der Waals surface area contributed by atoms with E-state index in [4.69, 9.17) is 0 Å². The fraction of sp³-hybridized carbons (Fsp3) is 0.333. The molecule has 2 unspecified atom stereocenters. The molecule has 1 aliphatic heterocycles. The van der Waals surface area contributed by atoms with Crippen LogP contribution < -0.4 is 0 Å². The van der Waals surface area contributed by atoms with Crippen molar-refractivity contribution in [2.45, 2.75) is 25.1 Å². The van der Waals surface area contributed by atoms with Crippen molar-refractivity contribution in [1.82, 2.24) is 14.7 Å². The lowest BCUT2D eigenvalue weighted by atomic mass is 10.1. The number of likely N-dealkylation sites (tertiary alicyclic amines) is 1. The third kappa shape index (κ3) is 2.96. The summed E-state index contributed by atoms with van der Waals surface area (Å²) in [4.78, 5) is 13.0. The van der Waals surface area contributed by atoms with Gasteiger partial charge in [0.25, 0.3) is 0 Å². The number of aromatic nitrogens is 2. The zero-order valence-electron chi connectivity index (χ0n) is 11.5. The SMILES string of the molecule is O=C(O)C1CC(O)CN1Cc1ccc(-n2cccn2)cc1. The Morgan fingerprint density at radius 3 is 2.71 bits per heavy atom. The predicted octanol–water partition coefficient (Wildman–Crippen LogP) is 0.892. The van der Waals surface area contributed by atoms with Crippen LogP contribution in [0.4, 0.5) is 0 Å². The molecule has 0 bridgehead atoms. The van der Waals surface area contributed by atoms with Crippen LogP contribution in [0.3, 0.4) is 0 Å². The number of carboxylic acid groups (broad SMARTS) is 1. The van der Waals surface area contributed by atoms with Gasteiger partial charge in [-0.15, -0.1) is 0 Å². The van der Waals surface area contributed by atoms with Gasteiger partial charge in [-0.05, 0) is 23.8 Å². The Kier molecular flexibility index (Phi) is 3.72. The normalized spacial score (nSPS) is 22.5. The molecule has 21 heavy (non-hydrogen) atoms. The van der Waals surface area contributed by atoms with Gasteiger partial charge in [0.15, 0.2) is 0 Å². The van der Waals surface area contributed by atoms with Crippen molar-refractivity contribution < 1.29 is 15.0 Å². The van der Waals surface area contributed by atoms with E-state index in [2.05, 4.69) is 5.10 Å². The van der Waals surface area contributed by atoms with Crippen molar-refractivity contribution in [3.05, 3.63) is 48.3 Å². The van der Waals surface area contributed by atoms with Crippen molar-refractivity contribution in [3.63, 3.8) is 0 Å². The quantitative estimate of drug-likeness (QED) is 0.873. The van der Waals surface area contributed by atoms with Crippen molar-refractivity contribution in [2.24, 2.45) is 0 Å². The van der Waals surface area contributed by atoms with Crippen LogP contribution in [0.2, 0.25) is 0 Å². The number of carbonyl (C=O) groups is 1. The zero-order chi connectivity index (χ0) is 14.8. The van der Waals surface area contributed by atoms with Gasteiger partial charge in [0.1, 0.15) is 6.04 Å². The fourth-order valence-electron chi connectivity index (χ4n) is 2.72. The zero-order valence-corrected chi connectivity index (χ0v) is 11.5. The van der Waals surface area contributed by atoms with Gasteiger partial charge in [-0.25, -0.2) is 4.68 Å². The van der Waals surface area contributed by atoms with Crippen LogP contribution in [0.25, 0.3) is 5.69 Å². The minimum atomic E-state index is -0.875. The standard InChI is InChI=1S/C15H17N3O3/c19-13-8-14(15(20)21)17(10-13)9-11-2-4-12(5-3-11)18-7-1-6-16-18/h1-7,13-14,19H,8-10H2,(H,20,21). The molecule has 0 amide bonds. The van der Waals surface area contributed by atoms with Crippen LogP contribution in [0.5, 0.6) is 0 Å². The fourth-order valence-corrected chi connectivity index (χ4v) is 2.72. The number of hydrogen-bond acceptors (Lipinski definition) is 4. The molecule has 1 fully saturated rings. The Bertz CT molecular complexity index is 610. The Morgan fingerprint density at radius 1 is 1.33 bits per heavy atom. The van der Waals surface area contributed by atoms with Crippen LogP contribution in [0, 0.1) is 0 Å². The lowest BCUT2D eigenvalue weighted by Crippen LogP contribution is -2.35. The Hall–Kier alpha value is -2.18. The molecular formula is C15H17N3O3. The van der Waals surface area contributed by atoms with Crippen LogP contribution in [0.1, 0.15) is 12.0 Å². The summed E-state index contributed by atoms with van der Waals surface area (Å²) in [6.07, 6.45) is 3.32. The number of nitrogens with zero attached hydrogens (tertiary/aromatic N) is 3. The molecule has 0 radical (unpaired) electrons. The monoisotopic (exact) mass is 287 g/mol. The molecule has 1 aromatic heterocycles. The Balaban J connectivity index is 1.72. The molecule has 2 heterocycles. The second-order valence-electron chi connectivity index (χ2n) is 5.29. The average molecular weight is 287 g/mol. The highest BCUT2D eigenvalue weighted by Gasteiger charge is 2.35. The number of carboxylic acids is 1. The van der Waals surface area contributed by atoms with Crippen molar-refractivity contribution in [2.75, 3.05) is 6.54 Å². The topological polar surface area (TPSA) is 78.6 Å². The summed E-state index contributed by atoms with van der Waals surface area (Å²) in [7, 11) is 0. The summed E-state index contributed by atoms with van der Waals surface area (Å²) in [6, 6.07) is 9.07. The third-order valence-electron chi connectivity index (χ3n) is 3.76. The number of aliphatic carboxylic acids is 1. The summed E-state index contributed by atoms with van der Waals surface area (Å²) in [5, 5.41) is 23.0. The molecule has 1 aliphatic rings. The first-order valence-electron chi connectivity index (χ1n) is 6.87. The van der Waals surface area contributed by atoms with Gasteiger partial charge < -0.3 is 10.2 Å². The molecule has 1 aromatic carbocycles. The van der Waals surface area contributed by atoms with E-state index in [0.717, 1.165) is 11.3 Å². The number of hydrogen-bond donors (Lipinski definition) is 2. The maximum absolute atomic E-state index is 11.2. The smallest absolute Gasteiger partial charge is 0.321 e. The van der Waals surface area contributed by atoms with Crippen LogP contribution in [0.15, 0.2) is 42.7 Å². The molecule has 0 saturated carbocycles. The van der Waals surface area contributed by atoms with E-state index in [1.54, 1.807) is 15.8 Å². The first-order valence-corrected chi connectivity index (χ1v) is 6.87. The van der Waals surface area contributed by atoms with Crippen molar-refractivity contribution in [1.29, 1.82) is 0 Å². The summed E-state index contributed by atoms with van der Waals surface area (Å²) >= 11 is 0. The minimum absolute atomic E-state index is 0.292. The van der Waals surface area contributed by atoms with Crippen LogP contribution in [-0.2, 0) is 11.3 Å². The van der Waals surface area contributed by atoms with E-state index in [9.17, 15) is 15.0 Å². The average Bonchev–Trinajstić information content (AvgIpc) is 3.09. The highest BCUT2D eigenvalue weighted by Crippen LogP contribution is 2.21. The van der Waals surface area contributed by atoms with Crippen LogP contribution in [-0.4, -0.2) is 49.6 Å². The summed E-state index contributed by atoms with van der Waals surface area (Å²) in [6.45, 7) is 0.922. The number of rotatable bonds is 4. The van der Waals surface area contributed by atoms with E-state index < -0.39 is 18.1 Å². The Morgan fingerprint density at radius 2 is 2.10 bits per heavy atom. The maximum Gasteiger partial charge on any atom is 0.321 e. The molecule has 6 nitrogen and oxygen atoms in total. The van der Waals surface area contributed by atoms with Crippen molar-refractivity contribution in [3.8, 4) is 5.69 Å². The number of benzene rings is 1. The van der Waals surface area contributed by atoms with Gasteiger partial charge in [0, 0.05) is 31.9 Å². The first kappa shape index (κ1) is 13.8. The Labute approximate surface area is 122 Å². The van der Waals surface area contributed by atoms with Gasteiger partial charge in [0.2, 0.25) is 0 Å². The van der Waals surface area contributed by atoms with Crippen molar-refractivity contribution >= 4 is 5.97 Å². The molecular weight excluding hydrogens is 270 g/mol. The molecule has 3 rings (SSSR count). The number of β-amino-alcohol motifs (C(OH)–C–C–N with tert-alkyl or cyclic N) is 1. The second kappa shape index (κ2) is 5.67. The summed E-state index contributed by atoms with van der Waals surface area (Å²) < 4.78 is 1.77. The van der Waals surface area contributed by atoms with Gasteiger partial charge in [-0.2, -0.15) is 5.10 Å². The van der Waals surface area contributed by atoms with Gasteiger partial charge >= 0.3 is 5.97 Å². The molecule has 1 saturated heterocycles. The highest BCUT2D eigenvalue weighted by molar-refractivity contribution is 5.74. The number of aliphatic hydroxyl groups excluding tert-OH is 1. The molecule has 110 valence electrons. The molecule has 0 aliphatic carbocycles. The van der Waals surface area contributed by atoms with Gasteiger partial charge in [-0.3, -0.25) is 9.69 Å². The number of aliphatic hydroxyl groups is 1. The van der Waals surface area contributed by atoms with E-state index in [-0.39, 0.29) is 0 Å². The summed E-state index contributed by atoms with van der Waals surface area (Å²) in [5.41, 5.74) is 1.98. The van der Waals surface area contributed by atoms with E-state index >= 15 is 0 Å². The predicted molar refractivity (Wildman–Crippen MR) is 76.0 cm³/mol. The molecule has 6 heteroatoms. The van der Waals surface area contributed by atoms with E-state index in [0.29, 0.717) is 19.5 Å².